The van der Waals surface area contributed by atoms with Gasteiger partial charge in [0.15, 0.2) is 0 Å². The van der Waals surface area contributed by atoms with Crippen LogP contribution in [0.3, 0.4) is 0 Å². The van der Waals surface area contributed by atoms with E-state index in [9.17, 15) is 26.4 Å². The zero-order valence-electron chi connectivity index (χ0n) is 16.2. The van der Waals surface area contributed by atoms with E-state index in [4.69, 9.17) is 0 Å². The zero-order chi connectivity index (χ0) is 22.6. The number of halogens is 3. The van der Waals surface area contributed by atoms with Crippen molar-refractivity contribution in [3.05, 3.63) is 84.2 Å². The van der Waals surface area contributed by atoms with E-state index < -0.39 is 45.6 Å². The molecule has 0 heterocycles. The van der Waals surface area contributed by atoms with Crippen molar-refractivity contribution in [2.75, 3.05) is 22.4 Å². The molecular weight excluding hydrogens is 449 g/mol. The molecule has 0 unspecified atom stereocenters. The van der Waals surface area contributed by atoms with Gasteiger partial charge in [0, 0.05) is 4.90 Å². The van der Waals surface area contributed by atoms with Crippen LogP contribution in [0.2, 0.25) is 0 Å². The fraction of sp³-hybridized carbons (Fsp3) is 0.0952. The van der Waals surface area contributed by atoms with Crippen molar-refractivity contribution in [2.45, 2.75) is 9.79 Å². The molecule has 0 bridgehead atoms. The highest BCUT2D eigenvalue weighted by Gasteiger charge is 2.28. The van der Waals surface area contributed by atoms with Crippen LogP contribution in [0.1, 0.15) is 0 Å². The minimum absolute atomic E-state index is 0.113. The predicted octanol–water partition coefficient (Wildman–Crippen LogP) is 4.66. The Kier molecular flexibility index (Phi) is 6.91. The van der Waals surface area contributed by atoms with Gasteiger partial charge in [-0.2, -0.15) is 0 Å². The fourth-order valence-corrected chi connectivity index (χ4v) is 4.57. The van der Waals surface area contributed by atoms with Gasteiger partial charge in [-0.3, -0.25) is 9.10 Å². The maximum Gasteiger partial charge on any atom is 0.264 e. The Morgan fingerprint density at radius 3 is 2.16 bits per heavy atom. The van der Waals surface area contributed by atoms with Gasteiger partial charge in [-0.1, -0.05) is 12.1 Å². The SMILES string of the molecule is CSc1ccc(S(=O)(=O)N(CC(=O)Nc2c(F)cccc2F)c2cccc(F)c2)cc1. The van der Waals surface area contributed by atoms with E-state index in [2.05, 4.69) is 0 Å². The lowest BCUT2D eigenvalue weighted by Gasteiger charge is -2.24. The van der Waals surface area contributed by atoms with Gasteiger partial charge in [-0.25, -0.2) is 21.6 Å². The third-order valence-electron chi connectivity index (χ3n) is 4.26. The van der Waals surface area contributed by atoms with Crippen molar-refractivity contribution in [3.8, 4) is 0 Å². The van der Waals surface area contributed by atoms with E-state index in [1.807, 2.05) is 11.6 Å². The number of sulfonamides is 1. The molecule has 1 amide bonds. The van der Waals surface area contributed by atoms with Crippen molar-refractivity contribution >= 4 is 39.1 Å². The highest BCUT2D eigenvalue weighted by atomic mass is 32.2. The summed E-state index contributed by atoms with van der Waals surface area (Å²) in [6.07, 6.45) is 1.83. The summed E-state index contributed by atoms with van der Waals surface area (Å²) in [6, 6.07) is 13.6. The molecule has 10 heteroatoms. The van der Waals surface area contributed by atoms with E-state index in [1.54, 1.807) is 12.1 Å². The Morgan fingerprint density at radius 2 is 1.58 bits per heavy atom. The Hall–Kier alpha value is -2.98. The number of hydrogen-bond acceptors (Lipinski definition) is 4. The minimum atomic E-state index is -4.29. The van der Waals surface area contributed by atoms with Crippen LogP contribution in [0.25, 0.3) is 0 Å². The van der Waals surface area contributed by atoms with Gasteiger partial charge >= 0.3 is 0 Å². The topological polar surface area (TPSA) is 66.5 Å². The van der Waals surface area contributed by atoms with Gasteiger partial charge in [0.25, 0.3) is 10.0 Å². The van der Waals surface area contributed by atoms with Crippen LogP contribution < -0.4 is 9.62 Å². The highest BCUT2D eigenvalue weighted by Crippen LogP contribution is 2.26. The van der Waals surface area contributed by atoms with Gasteiger partial charge in [-0.15, -0.1) is 11.8 Å². The van der Waals surface area contributed by atoms with E-state index in [0.717, 1.165) is 35.2 Å². The first-order chi connectivity index (χ1) is 14.7. The minimum Gasteiger partial charge on any atom is -0.320 e. The Morgan fingerprint density at radius 1 is 0.968 bits per heavy atom. The second kappa shape index (κ2) is 9.44. The molecule has 0 spiro atoms. The summed E-state index contributed by atoms with van der Waals surface area (Å²) in [4.78, 5) is 13.2. The number of para-hydroxylation sites is 1. The number of benzene rings is 3. The molecule has 3 aromatic rings. The molecule has 0 fully saturated rings. The molecule has 0 aliphatic carbocycles. The second-order valence-electron chi connectivity index (χ2n) is 6.31. The quantitative estimate of drug-likeness (QED) is 0.515. The summed E-state index contributed by atoms with van der Waals surface area (Å²) in [5.41, 5.74) is -0.813. The van der Waals surface area contributed by atoms with E-state index in [1.165, 1.54) is 36.0 Å². The average molecular weight is 467 g/mol. The molecule has 0 aliphatic rings. The summed E-state index contributed by atoms with van der Waals surface area (Å²) < 4.78 is 68.6. The molecule has 31 heavy (non-hydrogen) atoms. The molecule has 0 saturated carbocycles. The standard InChI is InChI=1S/C21H17F3N2O3S2/c1-30-16-8-10-17(11-9-16)31(28,29)26(15-5-2-4-14(22)12-15)13-20(27)25-21-18(23)6-3-7-19(21)24/h2-12H,13H2,1H3,(H,25,27). The Labute approximate surface area is 181 Å². The van der Waals surface area contributed by atoms with Crippen LogP contribution in [0, 0.1) is 17.5 Å². The number of hydrogen-bond donors (Lipinski definition) is 1. The number of carbonyl (C=O) groups is 1. The van der Waals surface area contributed by atoms with Crippen molar-refractivity contribution < 1.29 is 26.4 Å². The van der Waals surface area contributed by atoms with E-state index in [0.29, 0.717) is 4.31 Å². The Balaban J connectivity index is 1.97. The fourth-order valence-electron chi connectivity index (χ4n) is 2.75. The van der Waals surface area contributed by atoms with Gasteiger partial charge in [-0.05, 0) is 60.9 Å². The number of rotatable bonds is 7. The number of thioether (sulfide) groups is 1. The molecule has 3 rings (SSSR count). The molecule has 0 aromatic heterocycles. The monoisotopic (exact) mass is 466 g/mol. The second-order valence-corrected chi connectivity index (χ2v) is 9.05. The molecule has 1 N–H and O–H groups in total. The smallest absolute Gasteiger partial charge is 0.264 e. The normalized spacial score (nSPS) is 11.2. The van der Waals surface area contributed by atoms with Crippen LogP contribution in [0.4, 0.5) is 24.5 Å². The first kappa shape index (κ1) is 22.7. The molecule has 0 atom stereocenters. The summed E-state index contributed by atoms with van der Waals surface area (Å²) in [7, 11) is -4.29. The van der Waals surface area contributed by atoms with Crippen molar-refractivity contribution in [2.24, 2.45) is 0 Å². The largest absolute Gasteiger partial charge is 0.320 e. The molecule has 0 radical (unpaired) electrons. The van der Waals surface area contributed by atoms with Crippen molar-refractivity contribution in [1.82, 2.24) is 0 Å². The van der Waals surface area contributed by atoms with Gasteiger partial charge in [0.05, 0.1) is 10.6 Å². The predicted molar refractivity (Wildman–Crippen MR) is 114 cm³/mol. The lowest BCUT2D eigenvalue weighted by Crippen LogP contribution is -2.38. The number of anilines is 2. The molecule has 0 saturated heterocycles. The van der Waals surface area contributed by atoms with Crippen LogP contribution in [-0.2, 0) is 14.8 Å². The van der Waals surface area contributed by atoms with Gasteiger partial charge in [0.2, 0.25) is 5.91 Å². The number of nitrogens with one attached hydrogen (secondary N) is 1. The van der Waals surface area contributed by atoms with Crippen molar-refractivity contribution in [1.29, 1.82) is 0 Å². The van der Waals surface area contributed by atoms with Crippen molar-refractivity contribution in [3.63, 3.8) is 0 Å². The first-order valence-electron chi connectivity index (χ1n) is 8.88. The number of carbonyl (C=O) groups excluding carboxylic acids is 1. The van der Waals surface area contributed by atoms with Crippen LogP contribution >= 0.6 is 11.8 Å². The molecule has 162 valence electrons. The highest BCUT2D eigenvalue weighted by molar-refractivity contribution is 7.98. The van der Waals surface area contributed by atoms with Crippen LogP contribution in [0.5, 0.6) is 0 Å². The molecular formula is C21H17F3N2O3S2. The maximum atomic E-state index is 13.9. The lowest BCUT2D eigenvalue weighted by atomic mass is 10.3. The lowest BCUT2D eigenvalue weighted by molar-refractivity contribution is -0.114. The first-order valence-corrected chi connectivity index (χ1v) is 11.5. The third-order valence-corrected chi connectivity index (χ3v) is 6.79. The zero-order valence-corrected chi connectivity index (χ0v) is 17.8. The molecule has 3 aromatic carbocycles. The third kappa shape index (κ3) is 5.20. The van der Waals surface area contributed by atoms with Crippen LogP contribution in [-0.4, -0.2) is 27.1 Å². The summed E-state index contributed by atoms with van der Waals surface area (Å²) in [5, 5.41) is 2.04. The summed E-state index contributed by atoms with van der Waals surface area (Å²) >= 11 is 1.42. The average Bonchev–Trinajstić information content (AvgIpc) is 2.74. The van der Waals surface area contributed by atoms with Crippen LogP contribution in [0.15, 0.2) is 76.5 Å². The van der Waals surface area contributed by atoms with E-state index in [-0.39, 0.29) is 10.6 Å². The van der Waals surface area contributed by atoms with Gasteiger partial charge in [0.1, 0.15) is 29.7 Å². The molecule has 5 nitrogen and oxygen atoms in total. The number of amides is 1. The van der Waals surface area contributed by atoms with E-state index >= 15 is 0 Å². The summed E-state index contributed by atoms with van der Waals surface area (Å²) in [6.45, 7) is -0.830. The van der Waals surface area contributed by atoms with Gasteiger partial charge < -0.3 is 5.32 Å². The maximum absolute atomic E-state index is 13.9. The Bertz CT molecular complexity index is 1180. The molecule has 0 aliphatic heterocycles. The number of nitrogens with zero attached hydrogens (tertiary/aromatic N) is 1. The summed E-state index contributed by atoms with van der Waals surface area (Å²) in [5.74, 6) is -3.74.